The molecule has 0 fully saturated rings. The lowest BCUT2D eigenvalue weighted by atomic mass is 9.90. The van der Waals surface area contributed by atoms with E-state index >= 15 is 0 Å². The molecule has 0 spiro atoms. The predicted octanol–water partition coefficient (Wildman–Crippen LogP) is 3.51. The Bertz CT molecular complexity index is 972. The molecular formula is C23H22N2O4. The largest absolute Gasteiger partial charge is 0.497 e. The number of benzene rings is 3. The minimum atomic E-state index is -0.650. The van der Waals surface area contributed by atoms with Gasteiger partial charge in [0.05, 0.1) is 19.4 Å². The second-order valence-corrected chi connectivity index (χ2v) is 6.52. The monoisotopic (exact) mass is 390 g/mol. The van der Waals surface area contributed by atoms with Crippen molar-refractivity contribution in [3.63, 3.8) is 0 Å². The number of carbonyl (C=O) groups is 2. The number of rotatable bonds is 7. The lowest BCUT2D eigenvalue weighted by Gasteiger charge is -2.16. The van der Waals surface area contributed by atoms with Crippen LogP contribution < -0.4 is 15.5 Å². The van der Waals surface area contributed by atoms with Gasteiger partial charge in [0.25, 0.3) is 5.91 Å². The van der Waals surface area contributed by atoms with Gasteiger partial charge in [-0.1, -0.05) is 54.6 Å². The number of nitrogens with one attached hydrogen (secondary N) is 2. The number of hydrogen-bond acceptors (Lipinski definition) is 4. The molecule has 1 unspecified atom stereocenters. The smallest absolute Gasteiger partial charge is 0.255 e. The fourth-order valence-corrected chi connectivity index (χ4v) is 3.14. The Hall–Kier alpha value is -3.64. The average Bonchev–Trinajstić information content (AvgIpc) is 2.75. The van der Waals surface area contributed by atoms with Crippen LogP contribution in [0.25, 0.3) is 0 Å². The molecule has 0 aliphatic rings. The Morgan fingerprint density at radius 2 is 1.62 bits per heavy atom. The molecule has 0 saturated heterocycles. The van der Waals surface area contributed by atoms with Gasteiger partial charge in [0.15, 0.2) is 0 Å². The number of ether oxygens (including phenoxy) is 1. The Morgan fingerprint density at radius 3 is 2.28 bits per heavy atom. The van der Waals surface area contributed by atoms with Crippen molar-refractivity contribution in [1.82, 2.24) is 5.48 Å². The Kier molecular flexibility index (Phi) is 6.60. The SMILES string of the molecule is COc1cccc(CC(=O)Nc2ccc(C(C(=O)NO)c3ccccc3)cc2)c1. The van der Waals surface area contributed by atoms with Gasteiger partial charge < -0.3 is 10.1 Å². The number of amides is 2. The first-order valence-electron chi connectivity index (χ1n) is 9.12. The van der Waals surface area contributed by atoms with E-state index in [0.29, 0.717) is 17.0 Å². The van der Waals surface area contributed by atoms with Crippen LogP contribution >= 0.6 is 0 Å². The summed E-state index contributed by atoms with van der Waals surface area (Å²) in [6.07, 6.45) is 0.221. The first-order chi connectivity index (χ1) is 14.1. The molecule has 6 heteroatoms. The summed E-state index contributed by atoms with van der Waals surface area (Å²) in [4.78, 5) is 24.5. The molecule has 0 saturated carbocycles. The molecule has 0 aromatic heterocycles. The van der Waals surface area contributed by atoms with Crippen molar-refractivity contribution in [2.24, 2.45) is 0 Å². The van der Waals surface area contributed by atoms with E-state index in [2.05, 4.69) is 5.32 Å². The third-order valence-electron chi connectivity index (χ3n) is 4.53. The molecule has 148 valence electrons. The van der Waals surface area contributed by atoms with Crippen LogP contribution in [-0.2, 0) is 16.0 Å². The van der Waals surface area contributed by atoms with Gasteiger partial charge in [0.1, 0.15) is 5.75 Å². The van der Waals surface area contributed by atoms with Crippen molar-refractivity contribution in [2.45, 2.75) is 12.3 Å². The van der Waals surface area contributed by atoms with E-state index in [4.69, 9.17) is 9.94 Å². The van der Waals surface area contributed by atoms with Gasteiger partial charge in [-0.3, -0.25) is 14.8 Å². The van der Waals surface area contributed by atoms with E-state index in [9.17, 15) is 9.59 Å². The maximum Gasteiger partial charge on any atom is 0.255 e. The number of methoxy groups -OCH3 is 1. The van der Waals surface area contributed by atoms with Gasteiger partial charge in [0.2, 0.25) is 5.91 Å². The molecule has 3 rings (SSSR count). The minimum absolute atomic E-state index is 0.154. The molecule has 1 atom stereocenters. The summed E-state index contributed by atoms with van der Waals surface area (Å²) in [5.74, 6) is -0.624. The molecule has 3 aromatic rings. The molecule has 2 amide bonds. The van der Waals surface area contributed by atoms with E-state index in [1.54, 1.807) is 36.9 Å². The third kappa shape index (κ3) is 5.21. The van der Waals surface area contributed by atoms with E-state index in [0.717, 1.165) is 11.1 Å². The lowest BCUT2D eigenvalue weighted by Crippen LogP contribution is -2.27. The molecule has 0 radical (unpaired) electrons. The van der Waals surface area contributed by atoms with Crippen LogP contribution in [0.3, 0.4) is 0 Å². The van der Waals surface area contributed by atoms with Gasteiger partial charge >= 0.3 is 0 Å². The topological polar surface area (TPSA) is 87.7 Å². The zero-order chi connectivity index (χ0) is 20.6. The van der Waals surface area contributed by atoms with Crippen molar-refractivity contribution < 1.29 is 19.5 Å². The van der Waals surface area contributed by atoms with Crippen molar-refractivity contribution in [2.75, 3.05) is 12.4 Å². The third-order valence-corrected chi connectivity index (χ3v) is 4.53. The van der Waals surface area contributed by atoms with Gasteiger partial charge in [-0.05, 0) is 41.0 Å². The molecule has 0 heterocycles. The van der Waals surface area contributed by atoms with Gasteiger partial charge in [-0.25, -0.2) is 5.48 Å². The second-order valence-electron chi connectivity index (χ2n) is 6.52. The quantitative estimate of drug-likeness (QED) is 0.426. The molecule has 29 heavy (non-hydrogen) atoms. The van der Waals surface area contributed by atoms with Gasteiger partial charge in [-0.2, -0.15) is 0 Å². The molecule has 3 N–H and O–H groups in total. The molecule has 3 aromatic carbocycles. The Balaban J connectivity index is 1.71. The first kappa shape index (κ1) is 20.1. The summed E-state index contributed by atoms with van der Waals surface area (Å²) >= 11 is 0. The highest BCUT2D eigenvalue weighted by Gasteiger charge is 2.22. The number of carbonyl (C=O) groups excluding carboxylic acids is 2. The van der Waals surface area contributed by atoms with E-state index in [1.165, 1.54) is 0 Å². The van der Waals surface area contributed by atoms with Gasteiger partial charge in [0, 0.05) is 5.69 Å². The predicted molar refractivity (Wildman–Crippen MR) is 110 cm³/mol. The standard InChI is InChI=1S/C23H22N2O4/c1-29-20-9-5-6-16(14-20)15-21(26)24-19-12-10-18(11-13-19)22(23(27)25-28)17-7-3-2-4-8-17/h2-14,22,28H,15H2,1H3,(H,24,26)(H,25,27). The maximum absolute atomic E-state index is 12.3. The van der Waals surface area contributed by atoms with Gasteiger partial charge in [-0.15, -0.1) is 0 Å². The summed E-state index contributed by atoms with van der Waals surface area (Å²) in [5, 5.41) is 12.0. The zero-order valence-corrected chi connectivity index (χ0v) is 16.0. The number of hydrogen-bond donors (Lipinski definition) is 3. The zero-order valence-electron chi connectivity index (χ0n) is 16.0. The highest BCUT2D eigenvalue weighted by atomic mass is 16.5. The summed E-state index contributed by atoms with van der Waals surface area (Å²) in [6, 6.07) is 23.5. The van der Waals surface area contributed by atoms with Crippen molar-refractivity contribution in [1.29, 1.82) is 0 Å². The number of hydroxylamine groups is 1. The van der Waals surface area contributed by atoms with Crippen molar-refractivity contribution in [3.05, 3.63) is 95.6 Å². The van der Waals surface area contributed by atoms with Crippen molar-refractivity contribution in [3.8, 4) is 5.75 Å². The summed E-state index contributed by atoms with van der Waals surface area (Å²) in [7, 11) is 1.58. The highest BCUT2D eigenvalue weighted by molar-refractivity contribution is 5.92. The summed E-state index contributed by atoms with van der Waals surface area (Å²) < 4.78 is 5.17. The van der Waals surface area contributed by atoms with Crippen LogP contribution in [0.5, 0.6) is 5.75 Å². The lowest BCUT2D eigenvalue weighted by molar-refractivity contribution is -0.129. The van der Waals surface area contributed by atoms with Crippen LogP contribution in [-0.4, -0.2) is 24.1 Å². The Morgan fingerprint density at radius 1 is 0.931 bits per heavy atom. The summed E-state index contributed by atoms with van der Waals surface area (Å²) in [6.45, 7) is 0. The van der Waals surface area contributed by atoms with E-state index in [-0.39, 0.29) is 12.3 Å². The van der Waals surface area contributed by atoms with Crippen molar-refractivity contribution >= 4 is 17.5 Å². The molecular weight excluding hydrogens is 368 g/mol. The van der Waals surface area contributed by atoms with Crippen LogP contribution in [0.1, 0.15) is 22.6 Å². The molecule has 0 bridgehead atoms. The average molecular weight is 390 g/mol. The fourth-order valence-electron chi connectivity index (χ4n) is 3.14. The number of anilines is 1. The van der Waals surface area contributed by atoms with Crippen LogP contribution in [0.4, 0.5) is 5.69 Å². The van der Waals surface area contributed by atoms with Crippen LogP contribution in [0.15, 0.2) is 78.9 Å². The second kappa shape index (κ2) is 9.52. The summed E-state index contributed by atoms with van der Waals surface area (Å²) in [5.41, 5.74) is 4.66. The maximum atomic E-state index is 12.3. The molecule has 0 aliphatic carbocycles. The van der Waals surface area contributed by atoms with E-state index < -0.39 is 11.8 Å². The Labute approximate surface area is 169 Å². The van der Waals surface area contributed by atoms with E-state index in [1.807, 2.05) is 54.6 Å². The fraction of sp³-hybridized carbons (Fsp3) is 0.130. The highest BCUT2D eigenvalue weighted by Crippen LogP contribution is 2.26. The minimum Gasteiger partial charge on any atom is -0.497 e. The normalized spacial score (nSPS) is 11.4. The molecule has 0 aliphatic heterocycles. The van der Waals surface area contributed by atoms with Crippen LogP contribution in [0, 0.1) is 0 Å². The first-order valence-corrected chi connectivity index (χ1v) is 9.12. The molecule has 6 nitrogen and oxygen atoms in total. The van der Waals surface area contributed by atoms with Crippen LogP contribution in [0.2, 0.25) is 0 Å².